The van der Waals surface area contributed by atoms with Crippen LogP contribution in [0.3, 0.4) is 0 Å². The van der Waals surface area contributed by atoms with Crippen LogP contribution in [0.25, 0.3) is 5.69 Å². The normalized spacial score (nSPS) is 15.3. The van der Waals surface area contributed by atoms with Crippen molar-refractivity contribution in [3.63, 3.8) is 0 Å². The lowest BCUT2D eigenvalue weighted by atomic mass is 9.98. The van der Waals surface area contributed by atoms with Gasteiger partial charge in [-0.2, -0.15) is 0 Å². The van der Waals surface area contributed by atoms with Crippen molar-refractivity contribution in [2.24, 2.45) is 0 Å². The Morgan fingerprint density at radius 3 is 2.96 bits per heavy atom. The van der Waals surface area contributed by atoms with E-state index in [0.717, 1.165) is 12.1 Å². The van der Waals surface area contributed by atoms with Crippen LogP contribution in [0.5, 0.6) is 0 Å². The number of nitrogens with one attached hydrogen (secondary N) is 1. The van der Waals surface area contributed by atoms with Gasteiger partial charge in [-0.15, -0.1) is 5.10 Å². The molecule has 1 N–H and O–H groups in total. The number of aromatic nitrogens is 4. The Bertz CT molecular complexity index is 638. The lowest BCUT2D eigenvalue weighted by molar-refractivity contribution is 0.0273. The summed E-state index contributed by atoms with van der Waals surface area (Å²) in [7, 11) is 0. The van der Waals surface area contributed by atoms with E-state index in [2.05, 4.69) is 20.8 Å². The number of rotatable bonds is 7. The molecule has 3 rings (SSSR count). The Balaban J connectivity index is 1.41. The Hall–Kier alpha value is -2.28. The standard InChI is InChI=1S/C17H23N5O2/c23-17(18-10-5-11-24-16-8-2-1-3-9-16)14-6-4-7-15(12-14)22-13-19-20-21-22/h4,6-7,12-13,16H,1-3,5,8-11H2,(H,18,23). The van der Waals surface area contributed by atoms with Crippen molar-refractivity contribution in [2.45, 2.75) is 44.6 Å². The molecule has 7 nitrogen and oxygen atoms in total. The summed E-state index contributed by atoms with van der Waals surface area (Å²) in [5.41, 5.74) is 1.35. The minimum Gasteiger partial charge on any atom is -0.378 e. The van der Waals surface area contributed by atoms with E-state index in [1.165, 1.54) is 43.1 Å². The quantitative estimate of drug-likeness (QED) is 0.787. The summed E-state index contributed by atoms with van der Waals surface area (Å²) in [6, 6.07) is 7.22. The van der Waals surface area contributed by atoms with Crippen LogP contribution in [0, 0.1) is 0 Å². The molecule has 24 heavy (non-hydrogen) atoms. The second-order valence-corrected chi connectivity index (χ2v) is 6.04. The predicted molar refractivity (Wildman–Crippen MR) is 88.9 cm³/mol. The van der Waals surface area contributed by atoms with Gasteiger partial charge in [-0.25, -0.2) is 4.68 Å². The van der Waals surface area contributed by atoms with Gasteiger partial charge in [0.15, 0.2) is 0 Å². The van der Waals surface area contributed by atoms with Gasteiger partial charge in [-0.3, -0.25) is 4.79 Å². The molecule has 1 aromatic carbocycles. The van der Waals surface area contributed by atoms with E-state index in [1.54, 1.807) is 12.1 Å². The molecule has 0 radical (unpaired) electrons. The molecular formula is C17H23N5O2. The number of amides is 1. The second kappa shape index (κ2) is 8.54. The predicted octanol–water partition coefficient (Wildman–Crippen LogP) is 2.13. The van der Waals surface area contributed by atoms with Crippen molar-refractivity contribution >= 4 is 5.91 Å². The van der Waals surface area contributed by atoms with Crippen LogP contribution in [0.15, 0.2) is 30.6 Å². The van der Waals surface area contributed by atoms with Crippen molar-refractivity contribution in [2.75, 3.05) is 13.2 Å². The van der Waals surface area contributed by atoms with Gasteiger partial charge in [0, 0.05) is 18.7 Å². The monoisotopic (exact) mass is 329 g/mol. The summed E-state index contributed by atoms with van der Waals surface area (Å²) in [5, 5.41) is 14.0. The number of hydrogen-bond donors (Lipinski definition) is 1. The largest absolute Gasteiger partial charge is 0.378 e. The molecule has 7 heteroatoms. The van der Waals surface area contributed by atoms with E-state index < -0.39 is 0 Å². The molecule has 1 aliphatic rings. The van der Waals surface area contributed by atoms with E-state index in [9.17, 15) is 4.79 Å². The zero-order chi connectivity index (χ0) is 16.6. The molecule has 0 bridgehead atoms. The average Bonchev–Trinajstić information content (AvgIpc) is 3.17. The highest BCUT2D eigenvalue weighted by Crippen LogP contribution is 2.20. The van der Waals surface area contributed by atoms with E-state index in [0.29, 0.717) is 24.8 Å². The maximum Gasteiger partial charge on any atom is 0.251 e. The van der Waals surface area contributed by atoms with E-state index in [4.69, 9.17) is 4.74 Å². The third kappa shape index (κ3) is 4.61. The highest BCUT2D eigenvalue weighted by Gasteiger charge is 2.13. The van der Waals surface area contributed by atoms with Crippen LogP contribution in [-0.4, -0.2) is 45.4 Å². The number of carbonyl (C=O) groups is 1. The summed E-state index contributed by atoms with van der Waals surface area (Å²) in [5.74, 6) is -0.0948. The van der Waals surface area contributed by atoms with Crippen LogP contribution in [0.4, 0.5) is 0 Å². The lowest BCUT2D eigenvalue weighted by Crippen LogP contribution is -2.26. The molecule has 1 aromatic heterocycles. The molecule has 0 saturated heterocycles. The minimum absolute atomic E-state index is 0.0948. The zero-order valence-electron chi connectivity index (χ0n) is 13.7. The fourth-order valence-corrected chi connectivity index (χ4v) is 2.93. The molecule has 1 aliphatic carbocycles. The molecule has 1 fully saturated rings. The first kappa shape index (κ1) is 16.6. The van der Waals surface area contributed by atoms with Crippen LogP contribution in [-0.2, 0) is 4.74 Å². The van der Waals surface area contributed by atoms with Gasteiger partial charge in [-0.05, 0) is 47.9 Å². The van der Waals surface area contributed by atoms with E-state index in [1.807, 2.05) is 12.1 Å². The van der Waals surface area contributed by atoms with Gasteiger partial charge < -0.3 is 10.1 Å². The van der Waals surface area contributed by atoms with Crippen LogP contribution < -0.4 is 5.32 Å². The van der Waals surface area contributed by atoms with Crippen molar-refractivity contribution in [1.29, 1.82) is 0 Å². The Morgan fingerprint density at radius 2 is 2.17 bits per heavy atom. The molecule has 0 spiro atoms. The zero-order valence-corrected chi connectivity index (χ0v) is 13.7. The topological polar surface area (TPSA) is 81.9 Å². The third-order valence-electron chi connectivity index (χ3n) is 4.23. The maximum atomic E-state index is 12.2. The lowest BCUT2D eigenvalue weighted by Gasteiger charge is -2.21. The smallest absolute Gasteiger partial charge is 0.251 e. The SMILES string of the molecule is O=C(NCCCOC1CCCCC1)c1cccc(-n2cnnn2)c1. The summed E-state index contributed by atoms with van der Waals surface area (Å²) in [4.78, 5) is 12.2. The summed E-state index contributed by atoms with van der Waals surface area (Å²) in [6.07, 6.45) is 8.99. The number of hydrogen-bond acceptors (Lipinski definition) is 5. The third-order valence-corrected chi connectivity index (χ3v) is 4.23. The molecule has 0 atom stereocenters. The average molecular weight is 329 g/mol. The first-order valence-corrected chi connectivity index (χ1v) is 8.56. The number of ether oxygens (including phenoxy) is 1. The van der Waals surface area contributed by atoms with Gasteiger partial charge in [0.2, 0.25) is 0 Å². The summed E-state index contributed by atoms with van der Waals surface area (Å²) >= 11 is 0. The molecule has 0 aliphatic heterocycles. The summed E-state index contributed by atoms with van der Waals surface area (Å²) in [6.45, 7) is 1.32. The fourth-order valence-electron chi connectivity index (χ4n) is 2.93. The second-order valence-electron chi connectivity index (χ2n) is 6.04. The first-order valence-electron chi connectivity index (χ1n) is 8.56. The number of nitrogens with zero attached hydrogens (tertiary/aromatic N) is 4. The summed E-state index contributed by atoms with van der Waals surface area (Å²) < 4.78 is 7.38. The minimum atomic E-state index is -0.0948. The molecular weight excluding hydrogens is 306 g/mol. The van der Waals surface area contributed by atoms with Crippen molar-refractivity contribution < 1.29 is 9.53 Å². The fraction of sp³-hybridized carbons (Fsp3) is 0.529. The van der Waals surface area contributed by atoms with Crippen molar-refractivity contribution in [1.82, 2.24) is 25.5 Å². The Morgan fingerprint density at radius 1 is 1.29 bits per heavy atom. The Kier molecular flexibility index (Phi) is 5.90. The van der Waals surface area contributed by atoms with Gasteiger partial charge >= 0.3 is 0 Å². The van der Waals surface area contributed by atoms with Crippen LogP contribution in [0.2, 0.25) is 0 Å². The highest BCUT2D eigenvalue weighted by atomic mass is 16.5. The number of carbonyl (C=O) groups excluding carboxylic acids is 1. The van der Waals surface area contributed by atoms with E-state index in [-0.39, 0.29) is 5.91 Å². The Labute approximate surface area is 141 Å². The van der Waals surface area contributed by atoms with Gasteiger partial charge in [0.1, 0.15) is 6.33 Å². The van der Waals surface area contributed by atoms with Gasteiger partial charge in [0.05, 0.1) is 11.8 Å². The molecule has 1 saturated carbocycles. The van der Waals surface area contributed by atoms with Gasteiger partial charge in [0.25, 0.3) is 5.91 Å². The van der Waals surface area contributed by atoms with Gasteiger partial charge in [-0.1, -0.05) is 25.3 Å². The maximum absolute atomic E-state index is 12.2. The first-order chi connectivity index (χ1) is 11.8. The van der Waals surface area contributed by atoms with Crippen LogP contribution >= 0.6 is 0 Å². The molecule has 0 unspecified atom stereocenters. The number of benzene rings is 1. The van der Waals surface area contributed by atoms with Crippen LogP contribution in [0.1, 0.15) is 48.9 Å². The molecule has 128 valence electrons. The molecule has 1 amide bonds. The number of tetrazole rings is 1. The van der Waals surface area contributed by atoms with E-state index >= 15 is 0 Å². The van der Waals surface area contributed by atoms with Crippen molar-refractivity contribution in [3.05, 3.63) is 36.2 Å². The highest BCUT2D eigenvalue weighted by molar-refractivity contribution is 5.94. The molecule has 2 aromatic rings. The van der Waals surface area contributed by atoms with Crippen molar-refractivity contribution in [3.8, 4) is 5.69 Å². The molecule has 1 heterocycles.